The number of likely N-dealkylation sites (tertiary alicyclic amines) is 1. The summed E-state index contributed by atoms with van der Waals surface area (Å²) in [6, 6.07) is 21.2. The Morgan fingerprint density at radius 2 is 1.72 bits per heavy atom. The highest BCUT2D eigenvalue weighted by Gasteiger charge is 2.26. The Morgan fingerprint density at radius 3 is 2.47 bits per heavy atom. The van der Waals surface area contributed by atoms with Crippen LogP contribution in [0.25, 0.3) is 22.4 Å². The minimum Gasteiger partial charge on any atom is -0.478 e. The van der Waals surface area contributed by atoms with Gasteiger partial charge < -0.3 is 19.7 Å². The normalized spacial score (nSPS) is 13.9. The van der Waals surface area contributed by atoms with E-state index in [1.165, 1.54) is 12.1 Å². The number of piperidine rings is 1. The summed E-state index contributed by atoms with van der Waals surface area (Å²) in [6.45, 7) is 0.920. The van der Waals surface area contributed by atoms with Gasteiger partial charge in [-0.3, -0.25) is 10.1 Å². The first-order valence-corrected chi connectivity index (χ1v) is 11.6. The molecule has 2 amide bonds. The Bertz CT molecular complexity index is 1420. The lowest BCUT2D eigenvalue weighted by molar-refractivity contribution is 0.0467. The molecule has 1 aromatic heterocycles. The van der Waals surface area contributed by atoms with Crippen LogP contribution in [-0.2, 0) is 4.74 Å². The van der Waals surface area contributed by atoms with Gasteiger partial charge in [0.1, 0.15) is 11.9 Å². The van der Waals surface area contributed by atoms with Crippen molar-refractivity contribution in [2.24, 2.45) is 0 Å². The number of benzene rings is 3. The van der Waals surface area contributed by atoms with E-state index in [0.717, 1.165) is 22.4 Å². The lowest BCUT2D eigenvalue weighted by Gasteiger charge is -2.31. The second kappa shape index (κ2) is 9.91. The fourth-order valence-electron chi connectivity index (χ4n) is 4.26. The van der Waals surface area contributed by atoms with Crippen LogP contribution >= 0.6 is 0 Å². The zero-order valence-corrected chi connectivity index (χ0v) is 19.3. The summed E-state index contributed by atoms with van der Waals surface area (Å²) in [4.78, 5) is 46.1. The minimum absolute atomic E-state index is 0.0734. The van der Waals surface area contributed by atoms with E-state index in [0.29, 0.717) is 37.2 Å². The third kappa shape index (κ3) is 5.05. The first-order chi connectivity index (χ1) is 17.5. The molecule has 36 heavy (non-hydrogen) atoms. The van der Waals surface area contributed by atoms with Gasteiger partial charge in [0, 0.05) is 42.7 Å². The Balaban J connectivity index is 1.17. The largest absolute Gasteiger partial charge is 0.478 e. The molecule has 3 N–H and O–H groups in total. The smallest absolute Gasteiger partial charge is 0.411 e. The molecule has 0 radical (unpaired) electrons. The van der Waals surface area contributed by atoms with E-state index in [2.05, 4.69) is 15.3 Å². The van der Waals surface area contributed by atoms with E-state index < -0.39 is 12.1 Å². The summed E-state index contributed by atoms with van der Waals surface area (Å²) in [6.07, 6.45) is 0.0406. The standard InChI is InChI=1S/C27H24N4O5/c32-25(18-9-10-22-23(16-18)30-24(29-22)17-5-2-1-3-6-17)31-13-11-21(12-14-31)36-27(35)28-20-8-4-7-19(15-20)26(33)34/h1-10,15-16,21H,11-14H2,(H,28,35)(H,29,30)(H,33,34). The van der Waals surface area contributed by atoms with Crippen molar-refractivity contribution in [1.82, 2.24) is 14.9 Å². The van der Waals surface area contributed by atoms with Gasteiger partial charge in [-0.15, -0.1) is 0 Å². The van der Waals surface area contributed by atoms with Crippen LogP contribution in [0.15, 0.2) is 72.8 Å². The molecule has 0 spiro atoms. The van der Waals surface area contributed by atoms with E-state index in [9.17, 15) is 14.4 Å². The van der Waals surface area contributed by atoms with Crippen LogP contribution in [0.4, 0.5) is 10.5 Å². The van der Waals surface area contributed by atoms with Crippen LogP contribution in [0, 0.1) is 0 Å². The summed E-state index contributed by atoms with van der Waals surface area (Å²) in [5, 5.41) is 11.6. The molecule has 1 saturated heterocycles. The van der Waals surface area contributed by atoms with Crippen molar-refractivity contribution in [3.8, 4) is 11.4 Å². The molecule has 3 aromatic carbocycles. The maximum atomic E-state index is 13.1. The number of nitrogens with zero attached hydrogens (tertiary/aromatic N) is 2. The number of hydrogen-bond donors (Lipinski definition) is 3. The topological polar surface area (TPSA) is 125 Å². The number of ether oxygens (including phenoxy) is 1. The predicted molar refractivity (Wildman–Crippen MR) is 134 cm³/mol. The summed E-state index contributed by atoms with van der Waals surface area (Å²) in [7, 11) is 0. The van der Waals surface area contributed by atoms with Gasteiger partial charge in [0.2, 0.25) is 0 Å². The lowest BCUT2D eigenvalue weighted by atomic mass is 10.1. The van der Waals surface area contributed by atoms with Crippen molar-refractivity contribution in [1.29, 1.82) is 0 Å². The molecule has 1 aliphatic heterocycles. The van der Waals surface area contributed by atoms with Crippen LogP contribution in [-0.4, -0.2) is 57.1 Å². The number of carbonyl (C=O) groups is 3. The number of aromatic carboxylic acids is 1. The summed E-state index contributed by atoms with van der Waals surface area (Å²) >= 11 is 0. The molecule has 9 heteroatoms. The molecule has 0 atom stereocenters. The Kier molecular flexibility index (Phi) is 6.36. The lowest BCUT2D eigenvalue weighted by Crippen LogP contribution is -2.41. The van der Waals surface area contributed by atoms with Crippen LogP contribution in [0.2, 0.25) is 0 Å². The number of fused-ring (bicyclic) bond motifs is 1. The number of carboxylic acids is 1. The van der Waals surface area contributed by atoms with Crippen molar-refractivity contribution >= 4 is 34.7 Å². The van der Waals surface area contributed by atoms with Crippen LogP contribution in [0.5, 0.6) is 0 Å². The van der Waals surface area contributed by atoms with Gasteiger partial charge in [-0.25, -0.2) is 14.6 Å². The van der Waals surface area contributed by atoms with Crippen molar-refractivity contribution < 1.29 is 24.2 Å². The predicted octanol–water partition coefficient (Wildman–Crippen LogP) is 4.78. The molecule has 0 bridgehead atoms. The quantitative estimate of drug-likeness (QED) is 0.374. The van der Waals surface area contributed by atoms with Crippen LogP contribution in [0.3, 0.4) is 0 Å². The van der Waals surface area contributed by atoms with E-state index in [1.54, 1.807) is 23.1 Å². The molecule has 9 nitrogen and oxygen atoms in total. The highest BCUT2D eigenvalue weighted by Crippen LogP contribution is 2.23. The second-order valence-corrected chi connectivity index (χ2v) is 8.59. The Labute approximate surface area is 206 Å². The summed E-state index contributed by atoms with van der Waals surface area (Å²) < 4.78 is 5.48. The first-order valence-electron chi connectivity index (χ1n) is 11.6. The van der Waals surface area contributed by atoms with Gasteiger partial charge in [-0.1, -0.05) is 36.4 Å². The number of carboxylic acid groups (broad SMARTS) is 1. The van der Waals surface area contributed by atoms with Gasteiger partial charge in [-0.2, -0.15) is 0 Å². The highest BCUT2D eigenvalue weighted by molar-refractivity contribution is 5.98. The fraction of sp³-hybridized carbons (Fsp3) is 0.185. The van der Waals surface area contributed by atoms with Gasteiger partial charge >= 0.3 is 12.1 Å². The number of aromatic nitrogens is 2. The average Bonchev–Trinajstić information content (AvgIpc) is 3.33. The van der Waals surface area contributed by atoms with Crippen LogP contribution in [0.1, 0.15) is 33.6 Å². The van der Waals surface area contributed by atoms with Crippen LogP contribution < -0.4 is 5.32 Å². The number of H-pyrrole nitrogens is 1. The van der Waals surface area contributed by atoms with Gasteiger partial charge in [0.05, 0.1) is 16.6 Å². The molecule has 2 heterocycles. The van der Waals surface area contributed by atoms with Crippen molar-refractivity contribution in [3.63, 3.8) is 0 Å². The average molecular weight is 485 g/mol. The van der Waals surface area contributed by atoms with E-state index in [-0.39, 0.29) is 17.6 Å². The Hall–Kier alpha value is -4.66. The van der Waals surface area contributed by atoms with Crippen molar-refractivity contribution in [3.05, 3.63) is 83.9 Å². The number of nitrogens with one attached hydrogen (secondary N) is 2. The third-order valence-electron chi connectivity index (χ3n) is 6.13. The molecular formula is C27H24N4O5. The molecule has 5 rings (SSSR count). The zero-order chi connectivity index (χ0) is 25.1. The molecular weight excluding hydrogens is 460 g/mol. The third-order valence-corrected chi connectivity index (χ3v) is 6.13. The molecule has 182 valence electrons. The molecule has 1 fully saturated rings. The number of hydrogen-bond acceptors (Lipinski definition) is 5. The molecule has 0 aliphatic carbocycles. The SMILES string of the molecule is O=C(Nc1cccc(C(=O)O)c1)OC1CCN(C(=O)c2ccc3nc(-c4ccccc4)[nH]c3c2)CC1. The zero-order valence-electron chi connectivity index (χ0n) is 19.3. The second-order valence-electron chi connectivity index (χ2n) is 8.59. The van der Waals surface area contributed by atoms with Gasteiger partial charge in [0.25, 0.3) is 5.91 Å². The van der Waals surface area contributed by atoms with Crippen molar-refractivity contribution in [2.45, 2.75) is 18.9 Å². The van der Waals surface area contributed by atoms with Gasteiger partial charge in [-0.05, 0) is 36.4 Å². The maximum Gasteiger partial charge on any atom is 0.411 e. The number of rotatable bonds is 5. The number of imidazole rings is 1. The molecule has 0 unspecified atom stereocenters. The number of anilines is 1. The Morgan fingerprint density at radius 1 is 0.944 bits per heavy atom. The molecule has 0 saturated carbocycles. The highest BCUT2D eigenvalue weighted by atomic mass is 16.6. The monoisotopic (exact) mass is 484 g/mol. The van der Waals surface area contributed by atoms with Crippen molar-refractivity contribution in [2.75, 3.05) is 18.4 Å². The fourth-order valence-corrected chi connectivity index (χ4v) is 4.26. The number of amides is 2. The minimum atomic E-state index is -1.08. The summed E-state index contributed by atoms with van der Waals surface area (Å²) in [5.41, 5.74) is 3.55. The van der Waals surface area contributed by atoms with E-state index in [4.69, 9.17) is 9.84 Å². The van der Waals surface area contributed by atoms with E-state index >= 15 is 0 Å². The van der Waals surface area contributed by atoms with E-state index in [1.807, 2.05) is 42.5 Å². The number of carbonyl (C=O) groups excluding carboxylic acids is 2. The maximum absolute atomic E-state index is 13.1. The number of aromatic amines is 1. The molecule has 1 aliphatic rings. The molecule has 4 aromatic rings. The first kappa shape index (κ1) is 23.1. The summed E-state index contributed by atoms with van der Waals surface area (Å²) in [5.74, 6) is -0.408. The van der Waals surface area contributed by atoms with Gasteiger partial charge in [0.15, 0.2) is 0 Å².